The largest absolute Gasteiger partial charge is 0.479 e. The van der Waals surface area contributed by atoms with Gasteiger partial charge in [-0.2, -0.15) is 4.98 Å². The number of aromatic nitrogens is 2. The van der Waals surface area contributed by atoms with Gasteiger partial charge in [0.2, 0.25) is 11.8 Å². The zero-order valence-corrected chi connectivity index (χ0v) is 9.44. The summed E-state index contributed by atoms with van der Waals surface area (Å²) in [5, 5.41) is 5.38. The van der Waals surface area contributed by atoms with Crippen molar-refractivity contribution < 1.29 is 9.53 Å². The van der Waals surface area contributed by atoms with Crippen molar-refractivity contribution in [1.29, 1.82) is 0 Å². The Morgan fingerprint density at radius 3 is 2.81 bits per heavy atom. The first-order valence-corrected chi connectivity index (χ1v) is 4.72. The Bertz CT molecular complexity index is 382. The van der Waals surface area contributed by atoms with Crippen LogP contribution in [0.1, 0.15) is 6.92 Å². The first kappa shape index (κ1) is 12.0. The van der Waals surface area contributed by atoms with E-state index >= 15 is 0 Å². The van der Waals surface area contributed by atoms with Crippen molar-refractivity contribution in [3.8, 4) is 5.88 Å². The van der Waals surface area contributed by atoms with Gasteiger partial charge in [0.25, 0.3) is 0 Å². The predicted octanol–water partition coefficient (Wildman–Crippen LogP) is -0.386. The molecular weight excluding hydrogens is 210 g/mol. The van der Waals surface area contributed by atoms with Crippen LogP contribution in [0.15, 0.2) is 6.33 Å². The Hall–Kier alpha value is -2.05. The van der Waals surface area contributed by atoms with Gasteiger partial charge in [-0.15, -0.1) is 0 Å². The fraction of sp³-hybridized carbons (Fsp3) is 0.444. The number of nitrogens with zero attached hydrogens (tertiary/aromatic N) is 2. The summed E-state index contributed by atoms with van der Waals surface area (Å²) in [6, 6.07) is -0.438. The average molecular weight is 225 g/mol. The molecule has 0 bridgehead atoms. The molecule has 1 aromatic rings. The Morgan fingerprint density at radius 2 is 2.25 bits per heavy atom. The minimum absolute atomic E-state index is 0.156. The number of nitrogens with two attached hydrogens (primary N) is 1. The molecule has 7 nitrogen and oxygen atoms in total. The first-order valence-electron chi connectivity index (χ1n) is 4.72. The Balaban J connectivity index is 2.85. The van der Waals surface area contributed by atoms with Crippen LogP contribution >= 0.6 is 0 Å². The molecule has 0 aliphatic rings. The maximum atomic E-state index is 11.3. The molecule has 1 atom stereocenters. The third kappa shape index (κ3) is 2.50. The second kappa shape index (κ2) is 5.15. The highest BCUT2D eigenvalue weighted by Crippen LogP contribution is 2.24. The van der Waals surface area contributed by atoms with Crippen molar-refractivity contribution in [2.24, 2.45) is 0 Å². The molecule has 1 rings (SSSR count). The lowest BCUT2D eigenvalue weighted by atomic mass is 10.3. The molecule has 0 aliphatic carbocycles. The summed E-state index contributed by atoms with van der Waals surface area (Å²) in [4.78, 5) is 19.1. The number of hydrogen-bond acceptors (Lipinski definition) is 6. The molecular formula is C9H15N5O2. The van der Waals surface area contributed by atoms with Gasteiger partial charge >= 0.3 is 0 Å². The molecule has 1 aromatic heterocycles. The zero-order chi connectivity index (χ0) is 12.1. The van der Waals surface area contributed by atoms with Crippen molar-refractivity contribution in [3.63, 3.8) is 0 Å². The third-order valence-corrected chi connectivity index (χ3v) is 2.03. The molecule has 7 heteroatoms. The molecule has 0 aromatic carbocycles. The maximum absolute atomic E-state index is 11.3. The lowest BCUT2D eigenvalue weighted by molar-refractivity contribution is -0.121. The van der Waals surface area contributed by atoms with Crippen molar-refractivity contribution in [2.45, 2.75) is 13.0 Å². The first-order chi connectivity index (χ1) is 7.60. The SMILES string of the molecule is CNC(=O)C(C)Nc1ncnc(OC)c1N. The molecule has 0 saturated heterocycles. The molecule has 0 spiro atoms. The highest BCUT2D eigenvalue weighted by molar-refractivity contribution is 5.84. The maximum Gasteiger partial charge on any atom is 0.242 e. The molecule has 1 amide bonds. The molecule has 16 heavy (non-hydrogen) atoms. The highest BCUT2D eigenvalue weighted by atomic mass is 16.5. The second-order valence-electron chi connectivity index (χ2n) is 3.13. The summed E-state index contributed by atoms with van der Waals surface area (Å²) in [6.07, 6.45) is 1.31. The standard InChI is InChI=1S/C9H15N5O2/c1-5(8(15)11-2)14-7-6(10)9(16-3)13-4-12-7/h4-5H,10H2,1-3H3,(H,11,15)(H,12,13,14). The lowest BCUT2D eigenvalue weighted by Crippen LogP contribution is -2.35. The summed E-state index contributed by atoms with van der Waals surface area (Å²) in [7, 11) is 3.02. The molecule has 0 aliphatic heterocycles. The van der Waals surface area contributed by atoms with E-state index in [9.17, 15) is 4.79 Å². The van der Waals surface area contributed by atoms with E-state index in [2.05, 4.69) is 20.6 Å². The molecule has 0 radical (unpaired) electrons. The summed E-state index contributed by atoms with van der Waals surface area (Å²) in [5.74, 6) is 0.501. The van der Waals surface area contributed by atoms with E-state index in [0.29, 0.717) is 5.82 Å². The predicted molar refractivity (Wildman–Crippen MR) is 60.1 cm³/mol. The number of carbonyl (C=O) groups is 1. The van der Waals surface area contributed by atoms with Crippen LogP contribution in [0.2, 0.25) is 0 Å². The third-order valence-electron chi connectivity index (χ3n) is 2.03. The summed E-state index contributed by atoms with van der Waals surface area (Å²) >= 11 is 0. The molecule has 88 valence electrons. The van der Waals surface area contributed by atoms with Crippen LogP contribution in [0.25, 0.3) is 0 Å². The monoisotopic (exact) mass is 225 g/mol. The van der Waals surface area contributed by atoms with E-state index in [0.717, 1.165) is 0 Å². The van der Waals surface area contributed by atoms with Crippen LogP contribution in [-0.2, 0) is 4.79 Å². The fourth-order valence-electron chi connectivity index (χ4n) is 1.14. The number of rotatable bonds is 4. The number of anilines is 2. The van der Waals surface area contributed by atoms with Gasteiger partial charge in [0, 0.05) is 7.05 Å². The van der Waals surface area contributed by atoms with Gasteiger partial charge in [-0.1, -0.05) is 0 Å². The number of nitrogens with one attached hydrogen (secondary N) is 2. The van der Waals surface area contributed by atoms with Crippen LogP contribution in [0, 0.1) is 0 Å². The summed E-state index contributed by atoms with van der Waals surface area (Å²) < 4.78 is 4.94. The fourth-order valence-corrected chi connectivity index (χ4v) is 1.14. The summed E-state index contributed by atoms with van der Waals surface area (Å²) in [6.45, 7) is 1.70. The van der Waals surface area contributed by atoms with E-state index in [4.69, 9.17) is 10.5 Å². The van der Waals surface area contributed by atoms with Gasteiger partial charge in [-0.05, 0) is 6.92 Å². The number of likely N-dealkylation sites (N-methyl/N-ethyl adjacent to an activating group) is 1. The highest BCUT2D eigenvalue weighted by Gasteiger charge is 2.14. The van der Waals surface area contributed by atoms with Crippen molar-refractivity contribution in [3.05, 3.63) is 6.33 Å². The van der Waals surface area contributed by atoms with Crippen molar-refractivity contribution in [2.75, 3.05) is 25.2 Å². The lowest BCUT2D eigenvalue weighted by Gasteiger charge is -2.14. The van der Waals surface area contributed by atoms with E-state index in [-0.39, 0.29) is 17.5 Å². The van der Waals surface area contributed by atoms with E-state index in [1.165, 1.54) is 13.4 Å². The van der Waals surface area contributed by atoms with Gasteiger partial charge < -0.3 is 21.1 Å². The number of nitrogen functional groups attached to an aromatic ring is 1. The molecule has 1 unspecified atom stereocenters. The number of methoxy groups -OCH3 is 1. The second-order valence-corrected chi connectivity index (χ2v) is 3.13. The van der Waals surface area contributed by atoms with Crippen LogP contribution in [0.4, 0.5) is 11.5 Å². The Labute approximate surface area is 93.4 Å². The Morgan fingerprint density at radius 1 is 1.56 bits per heavy atom. The normalized spacial score (nSPS) is 11.7. The van der Waals surface area contributed by atoms with Crippen molar-refractivity contribution >= 4 is 17.4 Å². The number of amides is 1. The van der Waals surface area contributed by atoms with Gasteiger partial charge in [0.15, 0.2) is 5.82 Å². The van der Waals surface area contributed by atoms with Gasteiger partial charge in [0.1, 0.15) is 18.1 Å². The van der Waals surface area contributed by atoms with Gasteiger partial charge in [-0.25, -0.2) is 4.98 Å². The summed E-state index contributed by atoms with van der Waals surface area (Å²) in [5.41, 5.74) is 6.02. The molecule has 4 N–H and O–H groups in total. The number of hydrogen-bond donors (Lipinski definition) is 3. The topological polar surface area (TPSA) is 102 Å². The average Bonchev–Trinajstić information content (AvgIpc) is 2.30. The minimum atomic E-state index is -0.438. The quantitative estimate of drug-likeness (QED) is 0.645. The molecule has 0 fully saturated rings. The van der Waals surface area contributed by atoms with E-state index in [1.807, 2.05) is 0 Å². The minimum Gasteiger partial charge on any atom is -0.479 e. The van der Waals surface area contributed by atoms with Crippen LogP contribution in [0.5, 0.6) is 5.88 Å². The van der Waals surface area contributed by atoms with Crippen molar-refractivity contribution in [1.82, 2.24) is 15.3 Å². The Kier molecular flexibility index (Phi) is 3.87. The zero-order valence-electron chi connectivity index (χ0n) is 9.44. The van der Waals surface area contributed by atoms with E-state index < -0.39 is 6.04 Å². The van der Waals surface area contributed by atoms with E-state index in [1.54, 1.807) is 14.0 Å². The van der Waals surface area contributed by atoms with Crippen LogP contribution < -0.4 is 21.1 Å². The smallest absolute Gasteiger partial charge is 0.242 e. The van der Waals surface area contributed by atoms with Crippen LogP contribution in [-0.4, -0.2) is 36.1 Å². The number of ether oxygens (including phenoxy) is 1. The van der Waals surface area contributed by atoms with Gasteiger partial charge in [0.05, 0.1) is 7.11 Å². The number of carbonyl (C=O) groups excluding carboxylic acids is 1. The molecule has 1 heterocycles. The van der Waals surface area contributed by atoms with Gasteiger partial charge in [-0.3, -0.25) is 4.79 Å². The van der Waals surface area contributed by atoms with Crippen LogP contribution in [0.3, 0.4) is 0 Å². The molecule has 0 saturated carbocycles.